The second kappa shape index (κ2) is 5.77. The fourth-order valence-electron chi connectivity index (χ4n) is 2.55. The van der Waals surface area contributed by atoms with Gasteiger partial charge in [-0.05, 0) is 55.7 Å². The van der Waals surface area contributed by atoms with Crippen molar-refractivity contribution in [3.8, 4) is 0 Å². The van der Waals surface area contributed by atoms with Crippen molar-refractivity contribution >= 4 is 5.69 Å². The standard InChI is InChI=1S/C17H29N/c1-12(2)11-17(6,7)15(5)18-16-10-13(3)8-9-14(16)4/h8-10,12,15,18H,11H2,1-7H3. The van der Waals surface area contributed by atoms with Gasteiger partial charge in [-0.15, -0.1) is 0 Å². The van der Waals surface area contributed by atoms with Gasteiger partial charge in [-0.25, -0.2) is 0 Å². The summed E-state index contributed by atoms with van der Waals surface area (Å²) in [5, 5.41) is 3.70. The molecule has 18 heavy (non-hydrogen) atoms. The van der Waals surface area contributed by atoms with Crippen LogP contribution in [-0.4, -0.2) is 6.04 Å². The Bertz CT molecular complexity index is 391. The molecule has 1 rings (SSSR count). The van der Waals surface area contributed by atoms with Crippen molar-refractivity contribution in [1.82, 2.24) is 0 Å². The third-order valence-electron chi connectivity index (χ3n) is 3.87. The molecular formula is C17H29N. The Morgan fingerprint density at radius 1 is 1.11 bits per heavy atom. The van der Waals surface area contributed by atoms with Crippen molar-refractivity contribution in [3.05, 3.63) is 29.3 Å². The number of anilines is 1. The van der Waals surface area contributed by atoms with Gasteiger partial charge < -0.3 is 5.32 Å². The summed E-state index contributed by atoms with van der Waals surface area (Å²) in [6, 6.07) is 7.09. The number of rotatable bonds is 5. The molecule has 1 heteroatoms. The Morgan fingerprint density at radius 2 is 1.72 bits per heavy atom. The predicted octanol–water partition coefficient (Wildman–Crippen LogP) is 5.18. The minimum Gasteiger partial charge on any atom is -0.382 e. The lowest BCUT2D eigenvalue weighted by Gasteiger charge is -2.35. The van der Waals surface area contributed by atoms with Gasteiger partial charge >= 0.3 is 0 Å². The first-order valence-electron chi connectivity index (χ1n) is 7.06. The highest BCUT2D eigenvalue weighted by atomic mass is 14.9. The molecule has 0 aliphatic heterocycles. The Kier molecular flexibility index (Phi) is 4.84. The number of hydrogen-bond donors (Lipinski definition) is 1. The maximum Gasteiger partial charge on any atom is 0.0374 e. The lowest BCUT2D eigenvalue weighted by molar-refractivity contribution is 0.254. The minimum absolute atomic E-state index is 0.310. The molecule has 1 unspecified atom stereocenters. The third kappa shape index (κ3) is 4.04. The van der Waals surface area contributed by atoms with Gasteiger partial charge in [-0.3, -0.25) is 0 Å². The summed E-state index contributed by atoms with van der Waals surface area (Å²) in [5.74, 6) is 0.739. The molecule has 1 N–H and O–H groups in total. The van der Waals surface area contributed by atoms with Gasteiger partial charge in [0.05, 0.1) is 0 Å². The average molecular weight is 247 g/mol. The Morgan fingerprint density at radius 3 is 2.28 bits per heavy atom. The molecule has 0 aromatic heterocycles. The van der Waals surface area contributed by atoms with Crippen LogP contribution in [0.5, 0.6) is 0 Å². The maximum absolute atomic E-state index is 3.70. The van der Waals surface area contributed by atoms with Crippen LogP contribution in [0.25, 0.3) is 0 Å². The summed E-state index contributed by atoms with van der Waals surface area (Å²) in [6.07, 6.45) is 1.24. The highest BCUT2D eigenvalue weighted by molar-refractivity contribution is 5.53. The molecule has 0 radical (unpaired) electrons. The van der Waals surface area contributed by atoms with E-state index in [4.69, 9.17) is 0 Å². The van der Waals surface area contributed by atoms with E-state index in [-0.39, 0.29) is 0 Å². The Labute approximate surface area is 113 Å². The summed E-state index contributed by atoms with van der Waals surface area (Å²) >= 11 is 0. The maximum atomic E-state index is 3.70. The first-order valence-corrected chi connectivity index (χ1v) is 7.06. The molecule has 1 nitrogen and oxygen atoms in total. The van der Waals surface area contributed by atoms with E-state index in [1.807, 2.05) is 0 Å². The number of benzene rings is 1. The van der Waals surface area contributed by atoms with Gasteiger partial charge in [-0.1, -0.05) is 39.8 Å². The SMILES string of the molecule is Cc1ccc(C)c(NC(C)C(C)(C)CC(C)C)c1. The van der Waals surface area contributed by atoms with Crippen LogP contribution in [0.15, 0.2) is 18.2 Å². The van der Waals surface area contributed by atoms with Gasteiger partial charge in [0.2, 0.25) is 0 Å². The van der Waals surface area contributed by atoms with Crippen LogP contribution in [0.4, 0.5) is 5.69 Å². The number of nitrogens with one attached hydrogen (secondary N) is 1. The van der Waals surface area contributed by atoms with E-state index in [2.05, 4.69) is 72.0 Å². The van der Waals surface area contributed by atoms with E-state index in [0.29, 0.717) is 11.5 Å². The molecule has 0 fully saturated rings. The summed E-state index contributed by atoms with van der Waals surface area (Å²) in [7, 11) is 0. The van der Waals surface area contributed by atoms with Gasteiger partial charge in [0.1, 0.15) is 0 Å². The Hall–Kier alpha value is -0.980. The van der Waals surface area contributed by atoms with E-state index in [9.17, 15) is 0 Å². The van der Waals surface area contributed by atoms with E-state index in [0.717, 1.165) is 5.92 Å². The quantitative estimate of drug-likeness (QED) is 0.756. The zero-order valence-electron chi connectivity index (χ0n) is 13.1. The van der Waals surface area contributed by atoms with E-state index < -0.39 is 0 Å². The number of aryl methyl sites for hydroxylation is 2. The highest BCUT2D eigenvalue weighted by Gasteiger charge is 2.26. The summed E-state index contributed by atoms with van der Waals surface area (Å²) in [5.41, 5.74) is 4.23. The van der Waals surface area contributed by atoms with Crippen LogP contribution in [0.1, 0.15) is 52.2 Å². The molecule has 0 aliphatic carbocycles. The molecular weight excluding hydrogens is 218 g/mol. The van der Waals surface area contributed by atoms with Crippen LogP contribution < -0.4 is 5.32 Å². The average Bonchev–Trinajstić information content (AvgIpc) is 2.21. The first kappa shape index (κ1) is 15.1. The summed E-state index contributed by atoms with van der Waals surface area (Å²) < 4.78 is 0. The van der Waals surface area contributed by atoms with Crippen LogP contribution in [0, 0.1) is 25.2 Å². The molecule has 1 atom stereocenters. The van der Waals surface area contributed by atoms with Crippen LogP contribution >= 0.6 is 0 Å². The van der Waals surface area contributed by atoms with E-state index in [1.54, 1.807) is 0 Å². The molecule has 1 aromatic carbocycles. The van der Waals surface area contributed by atoms with Crippen LogP contribution in [-0.2, 0) is 0 Å². The minimum atomic E-state index is 0.310. The van der Waals surface area contributed by atoms with Gasteiger partial charge in [0, 0.05) is 11.7 Å². The van der Waals surface area contributed by atoms with Crippen molar-refractivity contribution in [2.75, 3.05) is 5.32 Å². The van der Waals surface area contributed by atoms with E-state index >= 15 is 0 Å². The molecule has 102 valence electrons. The zero-order valence-corrected chi connectivity index (χ0v) is 13.1. The van der Waals surface area contributed by atoms with Crippen molar-refractivity contribution in [3.63, 3.8) is 0 Å². The zero-order chi connectivity index (χ0) is 13.9. The molecule has 0 saturated heterocycles. The third-order valence-corrected chi connectivity index (χ3v) is 3.87. The molecule has 0 saturated carbocycles. The highest BCUT2D eigenvalue weighted by Crippen LogP contribution is 2.32. The monoisotopic (exact) mass is 247 g/mol. The van der Waals surface area contributed by atoms with Crippen LogP contribution in [0.3, 0.4) is 0 Å². The van der Waals surface area contributed by atoms with Crippen LogP contribution in [0.2, 0.25) is 0 Å². The molecule has 0 aliphatic rings. The van der Waals surface area contributed by atoms with Gasteiger partial charge in [-0.2, -0.15) is 0 Å². The molecule has 1 aromatic rings. The fraction of sp³-hybridized carbons (Fsp3) is 0.647. The lowest BCUT2D eigenvalue weighted by Crippen LogP contribution is -2.34. The number of hydrogen-bond acceptors (Lipinski definition) is 1. The smallest absolute Gasteiger partial charge is 0.0374 e. The van der Waals surface area contributed by atoms with Crippen molar-refractivity contribution in [2.24, 2.45) is 11.3 Å². The lowest BCUT2D eigenvalue weighted by atomic mass is 9.78. The summed E-state index contributed by atoms with van der Waals surface area (Å²) in [6.45, 7) is 15.9. The molecule has 0 bridgehead atoms. The fourth-order valence-corrected chi connectivity index (χ4v) is 2.55. The molecule has 0 spiro atoms. The predicted molar refractivity (Wildman–Crippen MR) is 82.2 cm³/mol. The Balaban J connectivity index is 2.80. The van der Waals surface area contributed by atoms with Crippen molar-refractivity contribution in [1.29, 1.82) is 0 Å². The first-order chi connectivity index (χ1) is 8.22. The largest absolute Gasteiger partial charge is 0.382 e. The molecule has 0 heterocycles. The van der Waals surface area contributed by atoms with Crippen molar-refractivity contribution in [2.45, 2.75) is 60.9 Å². The topological polar surface area (TPSA) is 12.0 Å². The summed E-state index contributed by atoms with van der Waals surface area (Å²) in [4.78, 5) is 0. The normalized spacial score (nSPS) is 13.8. The van der Waals surface area contributed by atoms with Gasteiger partial charge in [0.15, 0.2) is 0 Å². The molecule has 0 amide bonds. The van der Waals surface area contributed by atoms with Crippen molar-refractivity contribution < 1.29 is 0 Å². The second-order valence-corrected chi connectivity index (χ2v) is 6.77. The van der Waals surface area contributed by atoms with E-state index in [1.165, 1.54) is 23.2 Å². The van der Waals surface area contributed by atoms with Gasteiger partial charge in [0.25, 0.3) is 0 Å². The second-order valence-electron chi connectivity index (χ2n) is 6.77.